The molecule has 1 aromatic rings. The van der Waals surface area contributed by atoms with Crippen molar-refractivity contribution >= 4 is 17.5 Å². The summed E-state index contributed by atoms with van der Waals surface area (Å²) in [5.41, 5.74) is 1.04. The lowest BCUT2D eigenvalue weighted by atomic mass is 10.0. The fourth-order valence-electron chi connectivity index (χ4n) is 2.14. The Labute approximate surface area is 128 Å². The van der Waals surface area contributed by atoms with Crippen LogP contribution in [0.2, 0.25) is 0 Å². The number of ketones is 2. The first-order valence-electron chi connectivity index (χ1n) is 7.20. The third-order valence-electron chi connectivity index (χ3n) is 3.22. The number of fused-ring (bicyclic) bond motifs is 1. The van der Waals surface area contributed by atoms with E-state index < -0.39 is 11.8 Å². The lowest BCUT2D eigenvalue weighted by Crippen LogP contribution is -2.20. The zero-order chi connectivity index (χ0) is 15.9. The van der Waals surface area contributed by atoms with Crippen molar-refractivity contribution in [2.75, 3.05) is 13.4 Å². The van der Waals surface area contributed by atoms with E-state index in [4.69, 9.17) is 9.47 Å². The molecule has 0 N–H and O–H groups in total. The van der Waals surface area contributed by atoms with E-state index in [1.54, 1.807) is 6.92 Å². The summed E-state index contributed by atoms with van der Waals surface area (Å²) >= 11 is 0. The van der Waals surface area contributed by atoms with Gasteiger partial charge in [-0.2, -0.15) is 0 Å². The van der Waals surface area contributed by atoms with Crippen LogP contribution in [0.15, 0.2) is 18.2 Å². The molecular formula is C16H18O6. The Kier molecular flexibility index (Phi) is 5.52. The van der Waals surface area contributed by atoms with Gasteiger partial charge in [-0.25, -0.2) is 4.79 Å². The van der Waals surface area contributed by atoms with E-state index in [0.29, 0.717) is 18.6 Å². The normalized spacial score (nSPS) is 12.0. The molecule has 0 radical (unpaired) electrons. The van der Waals surface area contributed by atoms with Crippen molar-refractivity contribution in [3.05, 3.63) is 23.8 Å². The average molecular weight is 306 g/mol. The number of hydrogen-bond donors (Lipinski definition) is 0. The first-order chi connectivity index (χ1) is 10.6. The molecule has 0 amide bonds. The second-order valence-electron chi connectivity index (χ2n) is 4.90. The Bertz CT molecular complexity index is 578. The maximum atomic E-state index is 11.7. The molecule has 1 aliphatic heterocycles. The maximum absolute atomic E-state index is 11.7. The number of carbonyl (C=O) groups is 3. The molecule has 0 saturated heterocycles. The van der Waals surface area contributed by atoms with Gasteiger partial charge in [0.15, 0.2) is 11.5 Å². The molecule has 22 heavy (non-hydrogen) atoms. The zero-order valence-electron chi connectivity index (χ0n) is 12.4. The topological polar surface area (TPSA) is 78.9 Å². The van der Waals surface area contributed by atoms with Gasteiger partial charge in [-0.3, -0.25) is 9.59 Å². The molecule has 0 bridgehead atoms. The zero-order valence-corrected chi connectivity index (χ0v) is 12.4. The number of esters is 1. The summed E-state index contributed by atoms with van der Waals surface area (Å²) in [7, 11) is 0. The second-order valence-corrected chi connectivity index (χ2v) is 4.90. The molecule has 1 heterocycles. The van der Waals surface area contributed by atoms with Crippen molar-refractivity contribution in [1.29, 1.82) is 0 Å². The molecule has 0 aliphatic carbocycles. The van der Waals surface area contributed by atoms with E-state index in [1.807, 2.05) is 18.2 Å². The van der Waals surface area contributed by atoms with Crippen molar-refractivity contribution in [3.63, 3.8) is 0 Å². The maximum Gasteiger partial charge on any atom is 0.375 e. The van der Waals surface area contributed by atoms with Gasteiger partial charge in [0.2, 0.25) is 12.6 Å². The SMILES string of the molecule is CCOC(=O)C(=O)CC(=O)CCCc1ccc2c(c1)OCO2. The van der Waals surface area contributed by atoms with E-state index in [2.05, 4.69) is 4.74 Å². The number of Topliss-reactive ketones (excluding diaryl/α,β-unsaturated/α-hetero) is 2. The van der Waals surface area contributed by atoms with Crippen LogP contribution < -0.4 is 9.47 Å². The van der Waals surface area contributed by atoms with Gasteiger partial charge in [0, 0.05) is 6.42 Å². The molecule has 6 nitrogen and oxygen atoms in total. The number of benzene rings is 1. The number of rotatable bonds is 8. The van der Waals surface area contributed by atoms with Crippen LogP contribution >= 0.6 is 0 Å². The molecule has 0 spiro atoms. The molecule has 2 rings (SSSR count). The number of ether oxygens (including phenoxy) is 3. The van der Waals surface area contributed by atoms with Crippen LogP contribution in [0.4, 0.5) is 0 Å². The summed E-state index contributed by atoms with van der Waals surface area (Å²) in [6, 6.07) is 5.64. The lowest BCUT2D eigenvalue weighted by molar-refractivity contribution is -0.154. The Balaban J connectivity index is 1.73. The van der Waals surface area contributed by atoms with Gasteiger partial charge >= 0.3 is 5.97 Å². The van der Waals surface area contributed by atoms with Crippen LogP contribution in [0.3, 0.4) is 0 Å². The van der Waals surface area contributed by atoms with E-state index in [9.17, 15) is 14.4 Å². The molecule has 0 saturated carbocycles. The third kappa shape index (κ3) is 4.31. The monoisotopic (exact) mass is 306 g/mol. The summed E-state index contributed by atoms with van der Waals surface area (Å²) in [4.78, 5) is 34.2. The second kappa shape index (κ2) is 7.59. The van der Waals surface area contributed by atoms with Crippen molar-refractivity contribution in [1.82, 2.24) is 0 Å². The van der Waals surface area contributed by atoms with Crippen LogP contribution in [-0.4, -0.2) is 30.9 Å². The van der Waals surface area contributed by atoms with E-state index in [0.717, 1.165) is 11.3 Å². The van der Waals surface area contributed by atoms with Crippen LogP contribution in [0.25, 0.3) is 0 Å². The van der Waals surface area contributed by atoms with E-state index in [-0.39, 0.29) is 32.0 Å². The standard InChI is InChI=1S/C16H18O6/c1-2-20-16(19)13(18)9-12(17)5-3-4-11-6-7-14-15(8-11)22-10-21-14/h6-8H,2-5,9-10H2,1H3. The molecular weight excluding hydrogens is 288 g/mol. The Hall–Kier alpha value is -2.37. The minimum absolute atomic E-state index is 0.128. The Morgan fingerprint density at radius 3 is 2.73 bits per heavy atom. The van der Waals surface area contributed by atoms with Gasteiger partial charge in [0.25, 0.3) is 0 Å². The quantitative estimate of drug-likeness (QED) is 0.414. The molecule has 0 unspecified atom stereocenters. The van der Waals surface area contributed by atoms with Crippen LogP contribution in [0.1, 0.15) is 31.7 Å². The largest absolute Gasteiger partial charge is 0.460 e. The average Bonchev–Trinajstić information content (AvgIpc) is 2.95. The summed E-state index contributed by atoms with van der Waals surface area (Å²) in [5.74, 6) is -0.540. The summed E-state index contributed by atoms with van der Waals surface area (Å²) in [6.45, 7) is 1.97. The minimum atomic E-state index is -0.938. The highest BCUT2D eigenvalue weighted by Crippen LogP contribution is 2.32. The number of hydrogen-bond acceptors (Lipinski definition) is 6. The van der Waals surface area contributed by atoms with Crippen molar-refractivity contribution in [3.8, 4) is 11.5 Å². The summed E-state index contributed by atoms with van der Waals surface area (Å²) in [6.07, 6.45) is 1.16. The molecule has 0 atom stereocenters. The van der Waals surface area contributed by atoms with Crippen molar-refractivity contribution < 1.29 is 28.6 Å². The highest BCUT2D eigenvalue weighted by molar-refractivity contribution is 6.37. The summed E-state index contributed by atoms with van der Waals surface area (Å²) < 4.78 is 15.1. The molecule has 118 valence electrons. The first-order valence-corrected chi connectivity index (χ1v) is 7.20. The molecule has 6 heteroatoms. The first kappa shape index (κ1) is 16.0. The Morgan fingerprint density at radius 1 is 1.18 bits per heavy atom. The van der Waals surface area contributed by atoms with Crippen LogP contribution in [0.5, 0.6) is 11.5 Å². The molecule has 1 aromatic carbocycles. The highest BCUT2D eigenvalue weighted by atomic mass is 16.7. The molecule has 1 aliphatic rings. The third-order valence-corrected chi connectivity index (χ3v) is 3.22. The van der Waals surface area contributed by atoms with Gasteiger partial charge in [-0.05, 0) is 37.5 Å². The van der Waals surface area contributed by atoms with Crippen LogP contribution in [0, 0.1) is 0 Å². The van der Waals surface area contributed by atoms with Gasteiger partial charge < -0.3 is 14.2 Å². The van der Waals surface area contributed by atoms with Gasteiger partial charge in [-0.15, -0.1) is 0 Å². The predicted octanol–water partition coefficient (Wildman–Crippen LogP) is 1.83. The highest BCUT2D eigenvalue weighted by Gasteiger charge is 2.18. The fraction of sp³-hybridized carbons (Fsp3) is 0.438. The number of aryl methyl sites for hydroxylation is 1. The van der Waals surface area contributed by atoms with E-state index >= 15 is 0 Å². The lowest BCUT2D eigenvalue weighted by Gasteiger charge is -2.03. The van der Waals surface area contributed by atoms with Crippen molar-refractivity contribution in [2.45, 2.75) is 32.6 Å². The fourth-order valence-corrected chi connectivity index (χ4v) is 2.14. The molecule has 0 aromatic heterocycles. The van der Waals surface area contributed by atoms with E-state index in [1.165, 1.54) is 0 Å². The smallest absolute Gasteiger partial charge is 0.375 e. The number of carbonyl (C=O) groups excluding carboxylic acids is 3. The Morgan fingerprint density at radius 2 is 1.95 bits per heavy atom. The van der Waals surface area contributed by atoms with Gasteiger partial charge in [0.05, 0.1) is 13.0 Å². The minimum Gasteiger partial charge on any atom is -0.460 e. The van der Waals surface area contributed by atoms with Gasteiger partial charge in [-0.1, -0.05) is 6.07 Å². The predicted molar refractivity (Wildman–Crippen MR) is 76.8 cm³/mol. The van der Waals surface area contributed by atoms with Crippen molar-refractivity contribution in [2.24, 2.45) is 0 Å². The summed E-state index contributed by atoms with van der Waals surface area (Å²) in [5, 5.41) is 0. The van der Waals surface area contributed by atoms with Crippen LogP contribution in [-0.2, 0) is 25.5 Å². The molecule has 0 fully saturated rings. The van der Waals surface area contributed by atoms with Gasteiger partial charge in [0.1, 0.15) is 5.78 Å².